The van der Waals surface area contributed by atoms with Gasteiger partial charge in [-0.1, -0.05) is 23.9 Å². The van der Waals surface area contributed by atoms with Gasteiger partial charge in [-0.15, -0.1) is 5.10 Å². The number of benzene rings is 2. The molecule has 7 nitrogen and oxygen atoms in total. The third-order valence-corrected chi connectivity index (χ3v) is 5.02. The highest BCUT2D eigenvalue weighted by Gasteiger charge is 2.10. The quantitative estimate of drug-likeness (QED) is 0.560. The Kier molecular flexibility index (Phi) is 5.11. The fourth-order valence-corrected chi connectivity index (χ4v) is 3.34. The van der Waals surface area contributed by atoms with Gasteiger partial charge in [0.25, 0.3) is 5.91 Å². The fraction of sp³-hybridized carbons (Fsp3) is 0.0500. The number of nitrogens with zero attached hydrogens (tertiary/aromatic N) is 5. The van der Waals surface area contributed by atoms with Crippen LogP contribution in [0.3, 0.4) is 0 Å². The summed E-state index contributed by atoms with van der Waals surface area (Å²) in [4.78, 5) is 18.0. The van der Waals surface area contributed by atoms with Crippen molar-refractivity contribution >= 4 is 23.4 Å². The maximum Gasteiger partial charge on any atom is 0.255 e. The lowest BCUT2D eigenvalue weighted by atomic mass is 10.1. The molecule has 2 aromatic heterocycles. The summed E-state index contributed by atoms with van der Waals surface area (Å²) in [5.41, 5.74) is 3.02. The molecule has 4 aromatic rings. The maximum atomic E-state index is 12.7. The number of tetrazole rings is 1. The van der Waals surface area contributed by atoms with Gasteiger partial charge in [0, 0.05) is 22.3 Å². The van der Waals surface area contributed by atoms with Gasteiger partial charge in [0.2, 0.25) is 0 Å². The van der Waals surface area contributed by atoms with E-state index in [9.17, 15) is 4.79 Å². The minimum absolute atomic E-state index is 0.175. The van der Waals surface area contributed by atoms with Gasteiger partial charge in [0.15, 0.2) is 0 Å². The maximum absolute atomic E-state index is 12.7. The molecular formula is C20H16N6OS. The van der Waals surface area contributed by atoms with Crippen LogP contribution in [0.4, 0.5) is 5.69 Å². The van der Waals surface area contributed by atoms with Gasteiger partial charge in [0.1, 0.15) is 11.4 Å². The molecule has 1 N–H and O–H groups in total. The molecule has 0 atom stereocenters. The Balaban J connectivity index is 1.48. The number of pyridine rings is 1. The molecule has 0 spiro atoms. The van der Waals surface area contributed by atoms with Crippen molar-refractivity contribution in [3.05, 3.63) is 84.3 Å². The number of nitrogens with one attached hydrogen (secondary N) is 1. The predicted molar refractivity (Wildman–Crippen MR) is 107 cm³/mol. The normalized spacial score (nSPS) is 10.6. The first-order chi connectivity index (χ1) is 13.7. The molecule has 0 aliphatic heterocycles. The lowest BCUT2D eigenvalue weighted by Gasteiger charge is -2.11. The van der Waals surface area contributed by atoms with Crippen LogP contribution >= 0.6 is 11.8 Å². The lowest BCUT2D eigenvalue weighted by molar-refractivity contribution is 0.102. The summed E-state index contributed by atoms with van der Waals surface area (Å²) in [6.45, 7) is 1.94. The molecule has 138 valence electrons. The molecule has 0 fully saturated rings. The number of aryl methyl sites for hydroxylation is 1. The van der Waals surface area contributed by atoms with Gasteiger partial charge in [0.05, 0.1) is 5.69 Å². The number of anilines is 1. The van der Waals surface area contributed by atoms with E-state index in [1.807, 2.05) is 55.5 Å². The van der Waals surface area contributed by atoms with Crippen molar-refractivity contribution in [3.63, 3.8) is 0 Å². The largest absolute Gasteiger partial charge is 0.322 e. The van der Waals surface area contributed by atoms with Crippen LogP contribution in [0.25, 0.3) is 5.69 Å². The molecule has 0 bridgehead atoms. The zero-order chi connectivity index (χ0) is 19.3. The molecule has 0 saturated heterocycles. The van der Waals surface area contributed by atoms with Crippen LogP contribution in [0.5, 0.6) is 0 Å². The monoisotopic (exact) mass is 388 g/mol. The molecule has 2 heterocycles. The van der Waals surface area contributed by atoms with Gasteiger partial charge in [-0.05, 0) is 71.4 Å². The number of carbonyl (C=O) groups is 1. The van der Waals surface area contributed by atoms with Crippen LogP contribution in [0.1, 0.15) is 15.9 Å². The Morgan fingerprint density at radius 2 is 1.93 bits per heavy atom. The van der Waals surface area contributed by atoms with Gasteiger partial charge in [-0.25, -0.2) is 9.67 Å². The second kappa shape index (κ2) is 8.01. The van der Waals surface area contributed by atoms with E-state index < -0.39 is 0 Å². The molecule has 28 heavy (non-hydrogen) atoms. The first kappa shape index (κ1) is 17.9. The molecular weight excluding hydrogens is 372 g/mol. The molecule has 0 radical (unpaired) electrons. The Bertz CT molecular complexity index is 1080. The Hall–Kier alpha value is -3.52. The van der Waals surface area contributed by atoms with E-state index in [1.165, 1.54) is 6.33 Å². The number of carbonyl (C=O) groups excluding carboxylic acids is 1. The summed E-state index contributed by atoms with van der Waals surface area (Å²) in [5, 5.41) is 15.0. The average Bonchev–Trinajstić information content (AvgIpc) is 3.26. The second-order valence-electron chi connectivity index (χ2n) is 6.00. The van der Waals surface area contributed by atoms with Crippen LogP contribution in [0.15, 0.2) is 83.1 Å². The summed E-state index contributed by atoms with van der Waals surface area (Å²) in [6, 6.07) is 18.9. The van der Waals surface area contributed by atoms with Crippen LogP contribution in [0.2, 0.25) is 0 Å². The summed E-state index contributed by atoms with van der Waals surface area (Å²) < 4.78 is 1.54. The van der Waals surface area contributed by atoms with Crippen molar-refractivity contribution in [1.82, 2.24) is 25.2 Å². The van der Waals surface area contributed by atoms with E-state index in [2.05, 4.69) is 25.8 Å². The van der Waals surface area contributed by atoms with Gasteiger partial charge in [-0.3, -0.25) is 4.79 Å². The van der Waals surface area contributed by atoms with Crippen molar-refractivity contribution in [2.75, 3.05) is 5.32 Å². The fourth-order valence-electron chi connectivity index (χ4n) is 2.56. The minimum Gasteiger partial charge on any atom is -0.322 e. The Morgan fingerprint density at radius 3 is 2.64 bits per heavy atom. The van der Waals surface area contributed by atoms with E-state index in [1.54, 1.807) is 34.8 Å². The van der Waals surface area contributed by atoms with E-state index >= 15 is 0 Å². The highest BCUT2D eigenvalue weighted by molar-refractivity contribution is 7.99. The average molecular weight is 388 g/mol. The smallest absolute Gasteiger partial charge is 0.255 e. The number of rotatable bonds is 5. The first-order valence-corrected chi connectivity index (χ1v) is 9.35. The second-order valence-corrected chi connectivity index (χ2v) is 7.10. The molecule has 0 aliphatic rings. The Morgan fingerprint density at radius 1 is 1.07 bits per heavy atom. The van der Waals surface area contributed by atoms with Crippen LogP contribution in [-0.2, 0) is 0 Å². The van der Waals surface area contributed by atoms with Crippen molar-refractivity contribution in [2.24, 2.45) is 0 Å². The number of aromatic nitrogens is 5. The Labute approximate surface area is 165 Å². The summed E-state index contributed by atoms with van der Waals surface area (Å²) in [6.07, 6.45) is 3.27. The van der Waals surface area contributed by atoms with Gasteiger partial charge in [-0.2, -0.15) is 0 Å². The van der Waals surface area contributed by atoms with Crippen molar-refractivity contribution in [3.8, 4) is 5.69 Å². The van der Waals surface area contributed by atoms with Crippen molar-refractivity contribution < 1.29 is 4.79 Å². The van der Waals surface area contributed by atoms with Gasteiger partial charge < -0.3 is 5.32 Å². The molecule has 1 amide bonds. The number of hydrogen-bond donors (Lipinski definition) is 1. The third kappa shape index (κ3) is 4.07. The number of amides is 1. The van der Waals surface area contributed by atoms with Crippen LogP contribution in [0, 0.1) is 6.92 Å². The first-order valence-electron chi connectivity index (χ1n) is 8.53. The molecule has 4 rings (SSSR count). The summed E-state index contributed by atoms with van der Waals surface area (Å²) >= 11 is 1.55. The van der Waals surface area contributed by atoms with Crippen LogP contribution < -0.4 is 5.32 Å². The summed E-state index contributed by atoms with van der Waals surface area (Å²) in [5.74, 6) is -0.175. The molecule has 2 aromatic carbocycles. The van der Waals surface area contributed by atoms with E-state index in [0.29, 0.717) is 11.3 Å². The van der Waals surface area contributed by atoms with Gasteiger partial charge >= 0.3 is 0 Å². The highest BCUT2D eigenvalue weighted by Crippen LogP contribution is 2.26. The third-order valence-electron chi connectivity index (χ3n) is 4.06. The van der Waals surface area contributed by atoms with E-state index in [4.69, 9.17) is 0 Å². The van der Waals surface area contributed by atoms with Crippen LogP contribution in [-0.4, -0.2) is 31.1 Å². The van der Waals surface area contributed by atoms with E-state index in [0.717, 1.165) is 21.2 Å². The van der Waals surface area contributed by atoms with E-state index in [-0.39, 0.29) is 5.91 Å². The van der Waals surface area contributed by atoms with Crippen molar-refractivity contribution in [1.29, 1.82) is 0 Å². The SMILES string of the molecule is Cc1ccc(-n2cnnn2)cc1NC(=O)c1ccc(Sc2ccccn2)cc1. The predicted octanol–water partition coefficient (Wildman–Crippen LogP) is 3.77. The topological polar surface area (TPSA) is 85.6 Å². The standard InChI is InChI=1S/C20H16N6OS/c1-14-5-8-16(26-13-22-24-25-26)12-18(14)23-20(27)15-6-9-17(10-7-15)28-19-4-2-3-11-21-19/h2-13H,1H3,(H,23,27). The molecule has 0 aliphatic carbocycles. The lowest BCUT2D eigenvalue weighted by Crippen LogP contribution is -2.13. The minimum atomic E-state index is -0.175. The highest BCUT2D eigenvalue weighted by atomic mass is 32.2. The molecule has 8 heteroatoms. The molecule has 0 saturated carbocycles. The number of hydrogen-bond acceptors (Lipinski definition) is 6. The zero-order valence-electron chi connectivity index (χ0n) is 15.0. The molecule has 0 unspecified atom stereocenters. The summed E-state index contributed by atoms with van der Waals surface area (Å²) in [7, 11) is 0. The van der Waals surface area contributed by atoms with Crippen molar-refractivity contribution in [2.45, 2.75) is 16.8 Å². The zero-order valence-corrected chi connectivity index (χ0v) is 15.8.